The molecule has 3 rings (SSSR count). The summed E-state index contributed by atoms with van der Waals surface area (Å²) in [7, 11) is 0. The van der Waals surface area contributed by atoms with Gasteiger partial charge >= 0.3 is 0 Å². The van der Waals surface area contributed by atoms with Gasteiger partial charge in [0.2, 0.25) is 0 Å². The monoisotopic (exact) mass is 264 g/mol. The summed E-state index contributed by atoms with van der Waals surface area (Å²) in [5.74, 6) is 0.296. The van der Waals surface area contributed by atoms with Crippen LogP contribution in [-0.2, 0) is 0 Å². The Morgan fingerprint density at radius 1 is 1.42 bits per heavy atom. The Hall–Kier alpha value is -1.49. The fraction of sp³-hybridized carbons (Fsp3) is 0.571. The number of halogens is 1. The Bertz CT molecular complexity index is 494. The number of nitrogens with zero attached hydrogens (tertiary/aromatic N) is 1. The Morgan fingerprint density at radius 3 is 2.95 bits per heavy atom. The molecule has 0 saturated heterocycles. The van der Waals surface area contributed by atoms with E-state index in [0.717, 1.165) is 25.5 Å². The minimum absolute atomic E-state index is 0.0134. The molecule has 1 aromatic heterocycles. The molecule has 2 aliphatic rings. The molecule has 0 aromatic carbocycles. The zero-order valence-corrected chi connectivity index (χ0v) is 10.6. The smallest absolute Gasteiger partial charge is 0.253 e. The van der Waals surface area contributed by atoms with Crippen LogP contribution in [-0.4, -0.2) is 28.6 Å². The van der Waals surface area contributed by atoms with Gasteiger partial charge in [-0.05, 0) is 37.2 Å². The van der Waals surface area contributed by atoms with Crippen LogP contribution in [0.2, 0.25) is 0 Å². The van der Waals surface area contributed by atoms with Crippen LogP contribution in [0.5, 0.6) is 0 Å². The van der Waals surface area contributed by atoms with Gasteiger partial charge in [-0.25, -0.2) is 4.39 Å². The number of nitrogens with one attached hydrogen (secondary N) is 1. The van der Waals surface area contributed by atoms with Gasteiger partial charge in [0.25, 0.3) is 5.91 Å². The van der Waals surface area contributed by atoms with Gasteiger partial charge in [-0.1, -0.05) is 0 Å². The summed E-state index contributed by atoms with van der Waals surface area (Å²) in [4.78, 5) is 15.8. The van der Waals surface area contributed by atoms with Crippen molar-refractivity contribution in [1.29, 1.82) is 0 Å². The predicted molar refractivity (Wildman–Crippen MR) is 66.9 cm³/mol. The van der Waals surface area contributed by atoms with E-state index in [1.165, 1.54) is 12.3 Å². The number of hydrogen-bond donors (Lipinski definition) is 2. The molecular weight excluding hydrogens is 247 g/mol. The number of aliphatic hydroxyl groups excluding tert-OH is 1. The number of pyridine rings is 1. The van der Waals surface area contributed by atoms with Crippen molar-refractivity contribution < 1.29 is 14.3 Å². The molecule has 0 spiro atoms. The molecule has 5 heteroatoms. The van der Waals surface area contributed by atoms with E-state index >= 15 is 0 Å². The second-order valence-corrected chi connectivity index (χ2v) is 5.57. The Balaban J connectivity index is 1.73. The van der Waals surface area contributed by atoms with Crippen molar-refractivity contribution in [3.8, 4) is 0 Å². The molecule has 0 unspecified atom stereocenters. The van der Waals surface area contributed by atoms with E-state index in [1.54, 1.807) is 0 Å². The molecule has 0 radical (unpaired) electrons. The second kappa shape index (κ2) is 4.89. The molecule has 2 fully saturated rings. The average molecular weight is 264 g/mol. The van der Waals surface area contributed by atoms with Crippen molar-refractivity contribution in [3.63, 3.8) is 0 Å². The highest BCUT2D eigenvalue weighted by Gasteiger charge is 2.47. The van der Waals surface area contributed by atoms with Gasteiger partial charge < -0.3 is 10.4 Å². The maximum atomic E-state index is 13.1. The number of hydrogen-bond acceptors (Lipinski definition) is 3. The lowest BCUT2D eigenvalue weighted by atomic mass is 9.85. The van der Waals surface area contributed by atoms with Crippen LogP contribution in [0, 0.1) is 23.6 Å². The molecule has 1 heterocycles. The number of rotatable bonds is 3. The van der Waals surface area contributed by atoms with E-state index in [4.69, 9.17) is 0 Å². The molecule has 102 valence electrons. The van der Waals surface area contributed by atoms with Gasteiger partial charge in [0, 0.05) is 24.8 Å². The Kier molecular flexibility index (Phi) is 3.22. The maximum absolute atomic E-state index is 13.1. The number of aromatic nitrogens is 1. The number of fused-ring (bicyclic) bond motifs is 2. The number of amides is 1. The van der Waals surface area contributed by atoms with E-state index in [2.05, 4.69) is 10.3 Å². The van der Waals surface area contributed by atoms with Gasteiger partial charge in [-0.3, -0.25) is 9.78 Å². The number of carbonyl (C=O) groups excluding carboxylic acids is 1. The molecule has 2 bridgehead atoms. The molecule has 4 atom stereocenters. The lowest BCUT2D eigenvalue weighted by Crippen LogP contribution is -2.45. The van der Waals surface area contributed by atoms with Gasteiger partial charge in [-0.15, -0.1) is 0 Å². The molecule has 1 amide bonds. The normalized spacial score (nSPS) is 32.5. The highest BCUT2D eigenvalue weighted by Crippen LogP contribution is 2.48. The van der Waals surface area contributed by atoms with Gasteiger partial charge in [-0.2, -0.15) is 0 Å². The topological polar surface area (TPSA) is 62.2 Å². The molecular formula is C14H17FN2O2. The van der Waals surface area contributed by atoms with Gasteiger partial charge in [0.05, 0.1) is 11.8 Å². The molecule has 19 heavy (non-hydrogen) atoms. The zero-order chi connectivity index (χ0) is 13.4. The molecule has 2 saturated carbocycles. The average Bonchev–Trinajstić information content (AvgIpc) is 2.99. The summed E-state index contributed by atoms with van der Waals surface area (Å²) in [6, 6.07) is 1.20. The first-order valence-electron chi connectivity index (χ1n) is 6.71. The van der Waals surface area contributed by atoms with Crippen LogP contribution in [0.4, 0.5) is 4.39 Å². The minimum atomic E-state index is -0.515. The van der Waals surface area contributed by atoms with E-state index in [-0.39, 0.29) is 30.0 Å². The van der Waals surface area contributed by atoms with Crippen LogP contribution in [0.1, 0.15) is 29.6 Å². The standard InChI is InChI=1S/C14H17FN2O2/c15-11-4-10(5-16-6-11)14(19)17-13-9-2-1-8(3-9)12(13)7-18/h4-6,8-9,12-13,18H,1-3,7H2,(H,17,19)/t8-,9-,12+,13+/m0/s1. The zero-order valence-electron chi connectivity index (χ0n) is 10.6. The van der Waals surface area contributed by atoms with Crippen molar-refractivity contribution in [1.82, 2.24) is 10.3 Å². The summed E-state index contributed by atoms with van der Waals surface area (Å²) >= 11 is 0. The second-order valence-electron chi connectivity index (χ2n) is 5.57. The SMILES string of the molecule is O=C(N[C@@H]1[C@H]2CC[C@@H](C2)[C@H]1CO)c1cncc(F)c1. The third-order valence-corrected chi connectivity index (χ3v) is 4.56. The maximum Gasteiger partial charge on any atom is 0.253 e. The fourth-order valence-corrected chi connectivity index (χ4v) is 3.67. The summed E-state index contributed by atoms with van der Waals surface area (Å²) in [5, 5.41) is 12.4. The lowest BCUT2D eigenvalue weighted by Gasteiger charge is -2.30. The quantitative estimate of drug-likeness (QED) is 0.866. The summed E-state index contributed by atoms with van der Waals surface area (Å²) < 4.78 is 13.1. The third-order valence-electron chi connectivity index (χ3n) is 4.56. The van der Waals surface area contributed by atoms with Crippen molar-refractivity contribution in [2.45, 2.75) is 25.3 Å². The fourth-order valence-electron chi connectivity index (χ4n) is 3.67. The van der Waals surface area contributed by atoms with Crippen molar-refractivity contribution >= 4 is 5.91 Å². The Labute approximate surface area is 111 Å². The van der Waals surface area contributed by atoms with Crippen LogP contribution in [0.15, 0.2) is 18.5 Å². The first-order chi connectivity index (χ1) is 9.19. The van der Waals surface area contributed by atoms with Crippen LogP contribution >= 0.6 is 0 Å². The van der Waals surface area contributed by atoms with Crippen molar-refractivity contribution in [2.24, 2.45) is 17.8 Å². The van der Waals surface area contributed by atoms with Gasteiger partial charge in [0.1, 0.15) is 5.82 Å². The summed E-state index contributed by atoms with van der Waals surface area (Å²) in [5.41, 5.74) is 0.236. The van der Waals surface area contributed by atoms with E-state index < -0.39 is 5.82 Å². The predicted octanol–water partition coefficient (Wildman–Crippen LogP) is 1.36. The molecule has 2 aliphatic carbocycles. The molecule has 0 aliphatic heterocycles. The summed E-state index contributed by atoms with van der Waals surface area (Å²) in [6.45, 7) is 0.105. The first kappa shape index (κ1) is 12.5. The van der Waals surface area contributed by atoms with E-state index in [1.807, 2.05) is 0 Å². The third kappa shape index (κ3) is 2.23. The first-order valence-corrected chi connectivity index (χ1v) is 6.71. The number of carbonyl (C=O) groups is 1. The molecule has 2 N–H and O–H groups in total. The van der Waals surface area contributed by atoms with Crippen LogP contribution < -0.4 is 5.32 Å². The van der Waals surface area contributed by atoms with E-state index in [0.29, 0.717) is 11.8 Å². The highest BCUT2D eigenvalue weighted by molar-refractivity contribution is 5.94. The van der Waals surface area contributed by atoms with Gasteiger partial charge in [0.15, 0.2) is 0 Å². The minimum Gasteiger partial charge on any atom is -0.396 e. The van der Waals surface area contributed by atoms with Crippen LogP contribution in [0.3, 0.4) is 0 Å². The summed E-state index contributed by atoms with van der Waals surface area (Å²) in [6.07, 6.45) is 5.76. The van der Waals surface area contributed by atoms with Crippen LogP contribution in [0.25, 0.3) is 0 Å². The highest BCUT2D eigenvalue weighted by atomic mass is 19.1. The van der Waals surface area contributed by atoms with E-state index in [9.17, 15) is 14.3 Å². The Morgan fingerprint density at radius 2 is 2.21 bits per heavy atom. The number of aliphatic hydroxyl groups is 1. The van der Waals surface area contributed by atoms with Crippen molar-refractivity contribution in [2.75, 3.05) is 6.61 Å². The lowest BCUT2D eigenvalue weighted by molar-refractivity contribution is 0.0860. The van der Waals surface area contributed by atoms with Crippen molar-refractivity contribution in [3.05, 3.63) is 29.8 Å². The molecule has 4 nitrogen and oxygen atoms in total. The molecule has 1 aromatic rings. The largest absolute Gasteiger partial charge is 0.396 e.